The van der Waals surface area contributed by atoms with Crippen LogP contribution in [0.15, 0.2) is 35.2 Å². The van der Waals surface area contributed by atoms with Crippen LogP contribution in [0.2, 0.25) is 0 Å². The Kier molecular flexibility index (Phi) is 8.58. The molecule has 2 fully saturated rings. The number of aromatic nitrogens is 4. The van der Waals surface area contributed by atoms with E-state index >= 15 is 0 Å². The van der Waals surface area contributed by atoms with E-state index in [9.17, 15) is 18.4 Å². The fourth-order valence-electron chi connectivity index (χ4n) is 5.03. The monoisotopic (exact) mass is 585 g/mol. The topological polar surface area (TPSA) is 141 Å². The van der Waals surface area contributed by atoms with Gasteiger partial charge >= 0.3 is 6.09 Å². The quantitative estimate of drug-likeness (QED) is 0.313. The Morgan fingerprint density at radius 1 is 1.19 bits per heavy atom. The summed E-state index contributed by atoms with van der Waals surface area (Å²) in [5, 5.41) is 6.62. The summed E-state index contributed by atoms with van der Waals surface area (Å²) in [6.45, 7) is 6.47. The molecule has 0 aromatic carbocycles. The molecule has 0 bridgehead atoms. The number of amides is 2. The molecule has 3 aromatic rings. The van der Waals surface area contributed by atoms with Crippen LogP contribution in [0.5, 0.6) is 0 Å². The van der Waals surface area contributed by atoms with Gasteiger partial charge in [-0.25, -0.2) is 23.5 Å². The average Bonchev–Trinajstić information content (AvgIpc) is 3.45. The lowest BCUT2D eigenvalue weighted by molar-refractivity contribution is 0.0577. The number of hydrogen-bond acceptors (Lipinski definition) is 8. The number of oxazole rings is 1. The molecule has 3 aromatic heterocycles. The maximum atomic E-state index is 13.8. The SMILES string of the molecule is CC(C)(C)OC(=O)N(CC1CC1)c1cc(-c2nc(C(=O)Nc3cn([C@H]4CC[C@H](CN)CC4)nc3C(F)F)co2)ccn1. The van der Waals surface area contributed by atoms with Crippen molar-refractivity contribution in [3.8, 4) is 11.5 Å². The fourth-order valence-corrected chi connectivity index (χ4v) is 5.03. The highest BCUT2D eigenvalue weighted by Gasteiger charge is 2.32. The third kappa shape index (κ3) is 7.12. The van der Waals surface area contributed by atoms with Crippen LogP contribution in [-0.4, -0.2) is 50.4 Å². The predicted molar refractivity (Wildman–Crippen MR) is 151 cm³/mol. The number of nitrogens with zero attached hydrogens (tertiary/aromatic N) is 5. The van der Waals surface area contributed by atoms with Crippen molar-refractivity contribution in [1.82, 2.24) is 19.7 Å². The van der Waals surface area contributed by atoms with Crippen molar-refractivity contribution in [3.63, 3.8) is 0 Å². The summed E-state index contributed by atoms with van der Waals surface area (Å²) < 4.78 is 40.3. The number of nitrogens with one attached hydrogen (secondary N) is 1. The van der Waals surface area contributed by atoms with E-state index in [0.29, 0.717) is 36.3 Å². The van der Waals surface area contributed by atoms with Crippen molar-refractivity contribution in [2.75, 3.05) is 23.3 Å². The summed E-state index contributed by atoms with van der Waals surface area (Å²) in [6, 6.07) is 3.24. The van der Waals surface area contributed by atoms with Gasteiger partial charge in [-0.2, -0.15) is 5.10 Å². The van der Waals surface area contributed by atoms with Crippen molar-refractivity contribution in [1.29, 1.82) is 0 Å². The second kappa shape index (κ2) is 12.2. The molecule has 3 heterocycles. The normalized spacial score (nSPS) is 19.1. The molecule has 5 rings (SSSR count). The summed E-state index contributed by atoms with van der Waals surface area (Å²) in [5.41, 5.74) is 4.92. The highest BCUT2D eigenvalue weighted by Crippen LogP contribution is 2.35. The molecule has 3 N–H and O–H groups in total. The molecule has 0 radical (unpaired) electrons. The number of nitrogens with two attached hydrogens (primary N) is 1. The molecule has 2 aliphatic rings. The first-order chi connectivity index (χ1) is 20.0. The van der Waals surface area contributed by atoms with Gasteiger partial charge in [-0.3, -0.25) is 14.4 Å². The number of halogens is 2. The molecule has 0 atom stereocenters. The Morgan fingerprint density at radius 3 is 2.55 bits per heavy atom. The molecule has 0 unspecified atom stereocenters. The highest BCUT2D eigenvalue weighted by molar-refractivity contribution is 6.03. The minimum Gasteiger partial charge on any atom is -0.444 e. The maximum Gasteiger partial charge on any atom is 0.416 e. The van der Waals surface area contributed by atoms with E-state index in [0.717, 1.165) is 44.8 Å². The molecule has 2 aliphatic carbocycles. The predicted octanol–water partition coefficient (Wildman–Crippen LogP) is 5.96. The molecule has 11 nitrogen and oxygen atoms in total. The summed E-state index contributed by atoms with van der Waals surface area (Å²) in [5.74, 6) is 0.579. The van der Waals surface area contributed by atoms with Crippen LogP contribution in [-0.2, 0) is 4.74 Å². The van der Waals surface area contributed by atoms with Crippen molar-refractivity contribution in [2.45, 2.75) is 77.4 Å². The largest absolute Gasteiger partial charge is 0.444 e. The van der Waals surface area contributed by atoms with Gasteiger partial charge in [0.2, 0.25) is 5.89 Å². The number of carbonyl (C=O) groups is 2. The first-order valence-corrected chi connectivity index (χ1v) is 14.3. The molecular weight excluding hydrogens is 548 g/mol. The van der Waals surface area contributed by atoms with Crippen LogP contribution in [0.4, 0.5) is 25.1 Å². The number of carbonyl (C=O) groups excluding carboxylic acids is 2. The Hall–Kier alpha value is -3.87. The van der Waals surface area contributed by atoms with Crippen molar-refractivity contribution >= 4 is 23.5 Å². The Morgan fingerprint density at radius 2 is 1.90 bits per heavy atom. The summed E-state index contributed by atoms with van der Waals surface area (Å²) in [7, 11) is 0. The van der Waals surface area contributed by atoms with E-state index in [4.69, 9.17) is 14.9 Å². The Balaban J connectivity index is 1.31. The second-order valence-corrected chi connectivity index (χ2v) is 12.0. The Bertz CT molecular complexity index is 1400. The van der Waals surface area contributed by atoms with E-state index in [-0.39, 0.29) is 23.3 Å². The lowest BCUT2D eigenvalue weighted by Gasteiger charge is -2.27. The number of ether oxygens (including phenoxy) is 1. The minimum atomic E-state index is -2.87. The summed E-state index contributed by atoms with van der Waals surface area (Å²) >= 11 is 0. The molecule has 0 spiro atoms. The van der Waals surface area contributed by atoms with Crippen LogP contribution in [0.3, 0.4) is 0 Å². The Labute approximate surface area is 242 Å². The van der Waals surface area contributed by atoms with E-state index in [1.54, 1.807) is 32.9 Å². The van der Waals surface area contributed by atoms with Crippen molar-refractivity contribution < 1.29 is 27.5 Å². The van der Waals surface area contributed by atoms with Gasteiger partial charge in [0, 0.05) is 24.5 Å². The third-order valence-corrected chi connectivity index (χ3v) is 7.50. The molecule has 0 saturated heterocycles. The van der Waals surface area contributed by atoms with E-state index in [2.05, 4.69) is 20.4 Å². The van der Waals surface area contributed by atoms with Gasteiger partial charge in [0.25, 0.3) is 12.3 Å². The van der Waals surface area contributed by atoms with E-state index in [1.165, 1.54) is 22.0 Å². The number of alkyl halides is 2. The highest BCUT2D eigenvalue weighted by atomic mass is 19.3. The van der Waals surface area contributed by atoms with Crippen LogP contribution in [0.1, 0.15) is 87.9 Å². The molecule has 2 amide bonds. The summed E-state index contributed by atoms with van der Waals surface area (Å²) in [4.78, 5) is 36.1. The zero-order valence-corrected chi connectivity index (χ0v) is 24.1. The number of hydrogen-bond donors (Lipinski definition) is 2. The zero-order chi connectivity index (χ0) is 30.0. The zero-order valence-electron chi connectivity index (χ0n) is 24.1. The van der Waals surface area contributed by atoms with Gasteiger partial charge in [-0.15, -0.1) is 0 Å². The standard InChI is InChI=1S/C29H37F2N7O4/c1-29(2,3)42-28(40)37(14-18-4-5-18)23-12-19(10-11-33-23)27-35-22(16-41-27)26(39)34-21-15-38(36-24(21)25(30)31)20-8-6-17(13-32)7-9-20/h10-12,15-18,20,25H,4-9,13-14,32H2,1-3H3,(H,34,39)/t17-,20-. The average molecular weight is 586 g/mol. The van der Waals surface area contributed by atoms with Crippen LogP contribution < -0.4 is 16.0 Å². The van der Waals surface area contributed by atoms with Crippen LogP contribution in [0, 0.1) is 11.8 Å². The first-order valence-electron chi connectivity index (χ1n) is 14.3. The molecule has 2 saturated carbocycles. The number of rotatable bonds is 9. The van der Waals surface area contributed by atoms with Crippen molar-refractivity contribution in [3.05, 3.63) is 42.2 Å². The second-order valence-electron chi connectivity index (χ2n) is 12.0. The van der Waals surface area contributed by atoms with Gasteiger partial charge in [0.1, 0.15) is 17.7 Å². The number of anilines is 2. The smallest absolute Gasteiger partial charge is 0.416 e. The van der Waals surface area contributed by atoms with E-state index < -0.39 is 29.7 Å². The molecule has 13 heteroatoms. The molecule has 42 heavy (non-hydrogen) atoms. The summed E-state index contributed by atoms with van der Waals surface area (Å²) in [6.07, 6.45) is 6.18. The molecular formula is C29H37F2N7O4. The lowest BCUT2D eigenvalue weighted by atomic mass is 9.86. The van der Waals surface area contributed by atoms with Crippen LogP contribution >= 0.6 is 0 Å². The lowest BCUT2D eigenvalue weighted by Crippen LogP contribution is -2.38. The molecule has 0 aliphatic heterocycles. The third-order valence-electron chi connectivity index (χ3n) is 7.50. The number of pyridine rings is 1. The van der Waals surface area contributed by atoms with Gasteiger partial charge in [-0.05, 0) is 89.8 Å². The van der Waals surface area contributed by atoms with Gasteiger partial charge < -0.3 is 20.2 Å². The minimum absolute atomic E-state index is 0.0318. The maximum absolute atomic E-state index is 13.8. The van der Waals surface area contributed by atoms with Crippen LogP contribution in [0.25, 0.3) is 11.5 Å². The van der Waals surface area contributed by atoms with Gasteiger partial charge in [-0.1, -0.05) is 0 Å². The van der Waals surface area contributed by atoms with E-state index in [1.807, 2.05) is 0 Å². The first kappa shape index (κ1) is 29.6. The molecule has 226 valence electrons. The van der Waals surface area contributed by atoms with Gasteiger partial charge in [0.05, 0.1) is 11.7 Å². The van der Waals surface area contributed by atoms with Crippen molar-refractivity contribution in [2.24, 2.45) is 17.6 Å². The van der Waals surface area contributed by atoms with Gasteiger partial charge in [0.15, 0.2) is 11.4 Å². The fraction of sp³-hybridized carbons (Fsp3) is 0.552.